The van der Waals surface area contributed by atoms with Crippen LogP contribution in [-0.4, -0.2) is 39.5 Å². The summed E-state index contributed by atoms with van der Waals surface area (Å²) in [6.45, 7) is 0.0473. The van der Waals surface area contributed by atoms with Gasteiger partial charge in [-0.3, -0.25) is 9.78 Å². The zero-order valence-corrected chi connectivity index (χ0v) is 20.1. The van der Waals surface area contributed by atoms with E-state index in [0.29, 0.717) is 30.2 Å². The minimum atomic E-state index is -4.59. The topological polar surface area (TPSA) is 130 Å². The molecule has 14 heteroatoms. The monoisotopic (exact) mass is 535 g/mol. The molecule has 0 bridgehead atoms. The fourth-order valence-corrected chi connectivity index (χ4v) is 3.49. The quantitative estimate of drug-likeness (QED) is 0.336. The van der Waals surface area contributed by atoms with Gasteiger partial charge in [0.15, 0.2) is 5.75 Å². The summed E-state index contributed by atoms with van der Waals surface area (Å²) in [7, 11) is 1.65. The largest absolute Gasteiger partial charge is 0.418 e. The molecular weight excluding hydrogens is 515 g/mol. The Morgan fingerprint density at radius 3 is 2.41 bits per heavy atom. The first-order valence-electron chi connectivity index (χ1n) is 10.9. The first-order chi connectivity index (χ1) is 17.6. The Kier molecular flexibility index (Phi) is 7.34. The van der Waals surface area contributed by atoms with Crippen LogP contribution in [0, 0.1) is 0 Å². The predicted molar refractivity (Wildman–Crippen MR) is 129 cm³/mol. The normalized spacial score (nSPS) is 13.9. The molecule has 0 radical (unpaired) electrons. The average molecular weight is 536 g/mol. The number of amides is 2. The van der Waals surface area contributed by atoms with Crippen LogP contribution in [0.1, 0.15) is 24.1 Å². The van der Waals surface area contributed by atoms with Crippen molar-refractivity contribution in [2.24, 2.45) is 0 Å². The van der Waals surface area contributed by atoms with Gasteiger partial charge in [0.05, 0.1) is 47.8 Å². The number of nitrogens with one attached hydrogen (secondary N) is 4. The number of alkyl halides is 3. The molecule has 1 saturated carbocycles. The number of hydrogen-bond donors (Lipinski definition) is 4. The molecule has 37 heavy (non-hydrogen) atoms. The summed E-state index contributed by atoms with van der Waals surface area (Å²) in [4.78, 5) is 36.9. The molecule has 4 rings (SSSR count). The van der Waals surface area contributed by atoms with Crippen molar-refractivity contribution in [2.45, 2.75) is 31.1 Å². The van der Waals surface area contributed by atoms with Gasteiger partial charge in [-0.1, -0.05) is 11.6 Å². The average Bonchev–Trinajstić information content (AvgIpc) is 3.64. The van der Waals surface area contributed by atoms with Crippen molar-refractivity contribution in [3.05, 3.63) is 65.2 Å². The number of carbonyl (C=O) groups is 2. The number of carbonyl (C=O) groups excluding carboxylic acids is 2. The highest BCUT2D eigenvalue weighted by Gasteiger charge is 2.51. The van der Waals surface area contributed by atoms with Crippen molar-refractivity contribution >= 4 is 40.9 Å². The minimum Gasteiger partial charge on any atom is -0.407 e. The fraction of sp³-hybridized carbons (Fsp3) is 0.261. The second-order valence-corrected chi connectivity index (χ2v) is 8.56. The van der Waals surface area contributed by atoms with Gasteiger partial charge in [-0.25, -0.2) is 14.8 Å². The number of anilines is 3. The highest BCUT2D eigenvalue weighted by molar-refractivity contribution is 6.30. The molecule has 2 heterocycles. The number of rotatable bonds is 8. The molecule has 0 atom stereocenters. The van der Waals surface area contributed by atoms with Crippen LogP contribution < -0.4 is 26.0 Å². The van der Waals surface area contributed by atoms with Crippen LogP contribution in [0.2, 0.25) is 5.02 Å². The van der Waals surface area contributed by atoms with Crippen LogP contribution in [-0.2, 0) is 17.5 Å². The van der Waals surface area contributed by atoms with E-state index in [1.807, 2.05) is 0 Å². The van der Waals surface area contributed by atoms with Gasteiger partial charge in [0.2, 0.25) is 11.9 Å². The van der Waals surface area contributed by atoms with Crippen LogP contribution >= 0.6 is 11.6 Å². The molecule has 1 aromatic carbocycles. The lowest BCUT2D eigenvalue weighted by Gasteiger charge is -2.17. The molecule has 4 N–H and O–H groups in total. The third-order valence-corrected chi connectivity index (χ3v) is 5.64. The molecule has 2 amide bonds. The smallest absolute Gasteiger partial charge is 0.407 e. The Hall–Kier alpha value is -4.13. The van der Waals surface area contributed by atoms with Gasteiger partial charge in [0.25, 0.3) is 0 Å². The second kappa shape index (κ2) is 10.5. The van der Waals surface area contributed by atoms with Crippen molar-refractivity contribution < 1.29 is 27.5 Å². The van der Waals surface area contributed by atoms with Gasteiger partial charge in [-0.15, -0.1) is 0 Å². The van der Waals surface area contributed by atoms with E-state index in [1.165, 1.54) is 36.8 Å². The molecule has 3 aromatic rings. The van der Waals surface area contributed by atoms with Crippen LogP contribution in [0.25, 0.3) is 0 Å². The summed E-state index contributed by atoms with van der Waals surface area (Å²) < 4.78 is 45.0. The van der Waals surface area contributed by atoms with E-state index in [0.717, 1.165) is 6.07 Å². The number of aromatic nitrogens is 3. The van der Waals surface area contributed by atoms with Crippen molar-refractivity contribution in [1.82, 2.24) is 25.6 Å². The van der Waals surface area contributed by atoms with Gasteiger partial charge in [-0.05, 0) is 43.2 Å². The molecule has 2 aromatic heterocycles. The first kappa shape index (κ1) is 25.9. The Balaban J connectivity index is 1.30. The Morgan fingerprint density at radius 2 is 1.81 bits per heavy atom. The maximum absolute atomic E-state index is 13.3. The summed E-state index contributed by atoms with van der Waals surface area (Å²) in [6.07, 6.45) is -0.556. The van der Waals surface area contributed by atoms with Crippen LogP contribution in [0.4, 0.5) is 35.3 Å². The lowest BCUT2D eigenvalue weighted by atomic mass is 10.1. The maximum Gasteiger partial charge on any atom is 0.418 e. The molecular formula is C23H21ClF3N7O3. The third kappa shape index (κ3) is 6.55. The van der Waals surface area contributed by atoms with Crippen LogP contribution in [0.15, 0.2) is 48.9 Å². The number of ether oxygens (including phenoxy) is 1. The SMILES string of the molecule is CNc1ncc(OC(=O)NC2(C(=O)NCc3ccc(Nc4ccc(Cl)cc4C(F)(F)F)cn3)CC2)cn1. The van der Waals surface area contributed by atoms with Crippen LogP contribution in [0.3, 0.4) is 0 Å². The predicted octanol–water partition coefficient (Wildman–Crippen LogP) is 4.27. The van der Waals surface area contributed by atoms with Gasteiger partial charge < -0.3 is 26.0 Å². The minimum absolute atomic E-state index is 0.0320. The molecule has 0 spiro atoms. The lowest BCUT2D eigenvalue weighted by molar-refractivity contribution is -0.137. The molecule has 10 nitrogen and oxygen atoms in total. The van der Waals surface area contributed by atoms with Crippen molar-refractivity contribution in [2.75, 3.05) is 17.7 Å². The highest BCUT2D eigenvalue weighted by atomic mass is 35.5. The van der Waals surface area contributed by atoms with E-state index in [1.54, 1.807) is 13.1 Å². The number of hydrogen-bond acceptors (Lipinski definition) is 8. The fourth-order valence-electron chi connectivity index (χ4n) is 3.32. The van der Waals surface area contributed by atoms with Crippen LogP contribution in [0.5, 0.6) is 5.75 Å². The molecule has 0 unspecified atom stereocenters. The summed E-state index contributed by atoms with van der Waals surface area (Å²) in [5.41, 5.74) is -1.38. The number of nitrogens with zero attached hydrogens (tertiary/aromatic N) is 3. The number of benzene rings is 1. The first-order valence-corrected chi connectivity index (χ1v) is 11.3. The van der Waals surface area contributed by atoms with Gasteiger partial charge in [0.1, 0.15) is 5.54 Å². The van der Waals surface area contributed by atoms with E-state index in [-0.39, 0.29) is 23.0 Å². The Morgan fingerprint density at radius 1 is 1.08 bits per heavy atom. The molecule has 194 valence electrons. The standard InChI is InChI=1S/C23H21ClF3N7O3/c1-28-20-31-11-16(12-32-20)37-21(36)34-22(6-7-22)19(35)30-9-14-3-4-15(10-29-14)33-18-5-2-13(24)8-17(18)23(25,26)27/h2-5,8,10-12,33H,6-7,9H2,1H3,(H,30,35)(H,34,36)(H,28,31,32). The van der Waals surface area contributed by atoms with E-state index in [9.17, 15) is 22.8 Å². The van der Waals surface area contributed by atoms with Gasteiger partial charge in [0, 0.05) is 12.1 Å². The highest BCUT2D eigenvalue weighted by Crippen LogP contribution is 2.38. The Labute approximate surface area is 214 Å². The van der Waals surface area contributed by atoms with Crippen molar-refractivity contribution in [3.63, 3.8) is 0 Å². The zero-order chi connectivity index (χ0) is 26.6. The van der Waals surface area contributed by atoms with Crippen molar-refractivity contribution in [1.29, 1.82) is 0 Å². The summed E-state index contributed by atoms with van der Waals surface area (Å²) in [6, 6.07) is 6.51. The summed E-state index contributed by atoms with van der Waals surface area (Å²) in [5, 5.41) is 10.6. The third-order valence-electron chi connectivity index (χ3n) is 5.41. The molecule has 1 fully saturated rings. The summed E-state index contributed by atoms with van der Waals surface area (Å²) in [5.74, 6) is 0.0667. The zero-order valence-electron chi connectivity index (χ0n) is 19.3. The summed E-state index contributed by atoms with van der Waals surface area (Å²) >= 11 is 5.71. The molecule has 0 saturated heterocycles. The number of halogens is 4. The van der Waals surface area contributed by atoms with Gasteiger partial charge >= 0.3 is 12.3 Å². The molecule has 1 aliphatic carbocycles. The van der Waals surface area contributed by atoms with E-state index in [4.69, 9.17) is 16.3 Å². The Bertz CT molecular complexity index is 1280. The van der Waals surface area contributed by atoms with Crippen molar-refractivity contribution in [3.8, 4) is 5.75 Å². The van der Waals surface area contributed by atoms with E-state index in [2.05, 4.69) is 36.2 Å². The van der Waals surface area contributed by atoms with E-state index >= 15 is 0 Å². The molecule has 1 aliphatic rings. The second-order valence-electron chi connectivity index (χ2n) is 8.12. The molecule has 0 aliphatic heterocycles. The van der Waals surface area contributed by atoms with E-state index < -0.39 is 29.3 Å². The maximum atomic E-state index is 13.3. The van der Waals surface area contributed by atoms with Gasteiger partial charge in [-0.2, -0.15) is 13.2 Å². The number of pyridine rings is 1. The lowest BCUT2D eigenvalue weighted by Crippen LogP contribution is -2.49.